The van der Waals surface area contributed by atoms with Gasteiger partial charge < -0.3 is 9.47 Å². The maximum atomic E-state index is 12.3. The second-order valence-electron chi connectivity index (χ2n) is 6.09. The van der Waals surface area contributed by atoms with E-state index in [-0.39, 0.29) is 43.3 Å². The highest BCUT2D eigenvalue weighted by Gasteiger charge is 2.21. The van der Waals surface area contributed by atoms with Crippen LogP contribution in [0.1, 0.15) is 20.8 Å². The lowest BCUT2D eigenvalue weighted by Crippen LogP contribution is -2.01. The van der Waals surface area contributed by atoms with Crippen LogP contribution in [0.3, 0.4) is 0 Å². The third-order valence-electron chi connectivity index (χ3n) is 4.08. The van der Waals surface area contributed by atoms with Gasteiger partial charge in [-0.15, -0.1) is 11.3 Å². The zero-order valence-electron chi connectivity index (χ0n) is 15.6. The summed E-state index contributed by atoms with van der Waals surface area (Å²) in [7, 11) is 1.54. The third kappa shape index (κ3) is 5.72. The molecule has 2 aromatic carbocycles. The van der Waals surface area contributed by atoms with Gasteiger partial charge in [0.25, 0.3) is 0 Å². The first-order valence-electron chi connectivity index (χ1n) is 8.50. The van der Waals surface area contributed by atoms with Gasteiger partial charge >= 0.3 is 0 Å². The second kappa shape index (κ2) is 10.8. The zero-order valence-corrected chi connectivity index (χ0v) is 21.8. The molecule has 0 saturated heterocycles. The van der Waals surface area contributed by atoms with Gasteiger partial charge in [0.05, 0.1) is 27.1 Å². The van der Waals surface area contributed by atoms with Gasteiger partial charge in [0.1, 0.15) is 22.4 Å². The largest absolute Gasteiger partial charge is 0.496 e. The van der Waals surface area contributed by atoms with E-state index in [0.717, 1.165) is 10.0 Å². The number of carbonyl (C=O) groups is 1. The first-order chi connectivity index (χ1) is 14.7. The van der Waals surface area contributed by atoms with E-state index in [1.807, 2.05) is 17.5 Å². The summed E-state index contributed by atoms with van der Waals surface area (Å²) in [5.41, 5.74) is 1.48. The fraction of sp³-hybridized carbons (Fsp3) is 0.0952. The lowest BCUT2D eigenvalue weighted by Gasteiger charge is -2.15. The Morgan fingerprint density at radius 3 is 2.26 bits per heavy atom. The second-order valence-corrected chi connectivity index (χ2v) is 9.80. The number of carbonyl (C=O) groups excluding carboxylic acids is 1. The highest BCUT2D eigenvalue weighted by Crippen LogP contribution is 2.48. The van der Waals surface area contributed by atoms with E-state index >= 15 is 0 Å². The number of methoxy groups -OCH3 is 1. The Bertz CT molecular complexity index is 1150. The van der Waals surface area contributed by atoms with E-state index in [9.17, 15) is 4.79 Å². The number of ether oxygens (including phenoxy) is 2. The lowest BCUT2D eigenvalue weighted by atomic mass is 10.1. The predicted octanol–water partition coefficient (Wildman–Crippen LogP) is 9.26. The number of rotatable bonds is 7. The summed E-state index contributed by atoms with van der Waals surface area (Å²) in [5.74, 6) is 0.613. The fourth-order valence-electron chi connectivity index (χ4n) is 2.57. The zero-order chi connectivity index (χ0) is 22.7. The van der Waals surface area contributed by atoms with Crippen molar-refractivity contribution in [3.63, 3.8) is 0 Å². The van der Waals surface area contributed by atoms with Gasteiger partial charge in [-0.2, -0.15) is 0 Å². The van der Waals surface area contributed by atoms with E-state index in [0.29, 0.717) is 16.2 Å². The highest BCUT2D eigenvalue weighted by molar-refractivity contribution is 9.10. The SMILES string of the molecule is COc1ccc(/C=C/C(=O)c2cc(Br)cs2)cc1COc1c(Cl)c(Cl)c(Cl)c(Cl)c1Cl. The average molecular weight is 602 g/mol. The van der Waals surface area contributed by atoms with Crippen LogP contribution in [-0.4, -0.2) is 12.9 Å². The van der Waals surface area contributed by atoms with Crippen molar-refractivity contribution in [2.75, 3.05) is 7.11 Å². The molecule has 0 N–H and O–H groups in total. The summed E-state index contributed by atoms with van der Waals surface area (Å²) in [5, 5.41) is 2.13. The summed E-state index contributed by atoms with van der Waals surface area (Å²) < 4.78 is 12.1. The van der Waals surface area contributed by atoms with Gasteiger partial charge in [0.2, 0.25) is 0 Å². The molecule has 31 heavy (non-hydrogen) atoms. The van der Waals surface area contributed by atoms with E-state index < -0.39 is 0 Å². The normalized spacial score (nSPS) is 11.2. The molecule has 0 saturated carbocycles. The summed E-state index contributed by atoms with van der Waals surface area (Å²) in [6.45, 7) is 0.0599. The number of thiophene rings is 1. The van der Waals surface area contributed by atoms with Crippen LogP contribution in [0.5, 0.6) is 11.5 Å². The smallest absolute Gasteiger partial charge is 0.195 e. The molecule has 1 aromatic heterocycles. The minimum absolute atomic E-state index is 0.0510. The van der Waals surface area contributed by atoms with Gasteiger partial charge in [0.15, 0.2) is 11.5 Å². The lowest BCUT2D eigenvalue weighted by molar-refractivity contribution is 0.105. The van der Waals surface area contributed by atoms with Crippen molar-refractivity contribution in [2.24, 2.45) is 0 Å². The van der Waals surface area contributed by atoms with Crippen molar-refractivity contribution >= 4 is 97.1 Å². The molecule has 0 radical (unpaired) electrons. The highest BCUT2D eigenvalue weighted by atomic mass is 79.9. The summed E-state index contributed by atoms with van der Waals surface area (Å²) in [6.07, 6.45) is 3.23. The van der Waals surface area contributed by atoms with Crippen molar-refractivity contribution in [1.29, 1.82) is 0 Å². The Balaban J connectivity index is 1.84. The van der Waals surface area contributed by atoms with Gasteiger partial charge in [-0.1, -0.05) is 70.1 Å². The number of hydrogen-bond acceptors (Lipinski definition) is 4. The predicted molar refractivity (Wildman–Crippen MR) is 134 cm³/mol. The number of benzene rings is 2. The monoisotopic (exact) mass is 598 g/mol. The quantitative estimate of drug-likeness (QED) is 0.117. The molecule has 162 valence electrons. The van der Waals surface area contributed by atoms with Crippen LogP contribution in [0, 0.1) is 0 Å². The number of halogens is 6. The van der Waals surface area contributed by atoms with Crippen LogP contribution in [0.4, 0.5) is 0 Å². The molecule has 0 aliphatic heterocycles. The molecular formula is C21H12BrCl5O3S. The first-order valence-corrected chi connectivity index (χ1v) is 12.1. The topological polar surface area (TPSA) is 35.5 Å². The van der Waals surface area contributed by atoms with Crippen molar-refractivity contribution in [1.82, 2.24) is 0 Å². The molecule has 0 spiro atoms. The molecule has 0 amide bonds. The number of allylic oxidation sites excluding steroid dienone is 1. The summed E-state index contributed by atoms with van der Waals surface area (Å²) in [6, 6.07) is 7.20. The molecule has 0 unspecified atom stereocenters. The third-order valence-corrected chi connectivity index (χ3v) is 8.03. The van der Waals surface area contributed by atoms with Crippen LogP contribution >= 0.6 is 85.3 Å². The maximum absolute atomic E-state index is 12.3. The molecule has 10 heteroatoms. The van der Waals surface area contributed by atoms with Crippen molar-refractivity contribution in [3.8, 4) is 11.5 Å². The van der Waals surface area contributed by atoms with Crippen LogP contribution in [0.25, 0.3) is 6.08 Å². The van der Waals surface area contributed by atoms with Crippen LogP contribution in [0.15, 0.2) is 40.2 Å². The van der Waals surface area contributed by atoms with Crippen molar-refractivity contribution in [2.45, 2.75) is 6.61 Å². The Hall–Kier alpha value is -0.920. The molecule has 3 rings (SSSR count). The number of ketones is 1. The maximum Gasteiger partial charge on any atom is 0.195 e. The molecule has 0 aliphatic rings. The molecule has 0 fully saturated rings. The van der Waals surface area contributed by atoms with Gasteiger partial charge in [-0.25, -0.2) is 0 Å². The Morgan fingerprint density at radius 1 is 1.03 bits per heavy atom. The minimum Gasteiger partial charge on any atom is -0.496 e. The standard InChI is InChI=1S/C21H12BrCl5O3S/c1-29-14-5-3-10(2-4-13(28)15-7-12(22)9-31-15)6-11(14)8-30-21-19(26)17(24)16(23)18(25)20(21)27/h2-7,9H,8H2,1H3/b4-2+. The van der Waals surface area contributed by atoms with E-state index in [1.165, 1.54) is 17.4 Å². The fourth-order valence-corrected chi connectivity index (χ4v) is 5.15. The van der Waals surface area contributed by atoms with Gasteiger partial charge in [-0.05, 0) is 45.8 Å². The molecule has 0 atom stereocenters. The van der Waals surface area contributed by atoms with E-state index in [4.69, 9.17) is 67.5 Å². The van der Waals surface area contributed by atoms with Crippen LogP contribution in [-0.2, 0) is 6.61 Å². The molecule has 3 aromatic rings. The average Bonchev–Trinajstić information content (AvgIpc) is 3.21. The molecular weight excluding hydrogens is 589 g/mol. The van der Waals surface area contributed by atoms with Gasteiger partial charge in [-0.3, -0.25) is 4.79 Å². The van der Waals surface area contributed by atoms with Crippen LogP contribution in [0.2, 0.25) is 25.1 Å². The summed E-state index contributed by atoms with van der Waals surface area (Å²) in [4.78, 5) is 12.9. The Morgan fingerprint density at radius 2 is 1.68 bits per heavy atom. The Labute approximate surface area is 216 Å². The van der Waals surface area contributed by atoms with Crippen molar-refractivity contribution in [3.05, 3.63) is 81.3 Å². The van der Waals surface area contributed by atoms with E-state index in [2.05, 4.69) is 15.9 Å². The van der Waals surface area contributed by atoms with E-state index in [1.54, 1.807) is 25.3 Å². The number of hydrogen-bond donors (Lipinski definition) is 0. The molecule has 1 heterocycles. The Kier molecular flexibility index (Phi) is 8.61. The van der Waals surface area contributed by atoms with Crippen LogP contribution < -0.4 is 9.47 Å². The summed E-state index contributed by atoms with van der Waals surface area (Å²) >= 11 is 35.4. The molecule has 0 bridgehead atoms. The van der Waals surface area contributed by atoms with Gasteiger partial charge in [0, 0.05) is 15.4 Å². The van der Waals surface area contributed by atoms with Crippen molar-refractivity contribution < 1.29 is 14.3 Å². The first kappa shape index (κ1) is 24.7. The molecule has 0 aliphatic carbocycles. The molecule has 3 nitrogen and oxygen atoms in total. The minimum atomic E-state index is -0.0895.